The average molecular weight is 766 g/mol. The molecular weight excluding hydrogens is 725 g/mol. The highest BCUT2D eigenvalue weighted by molar-refractivity contribution is 5.74. The molecular formula is C37H40FN5O12. The Bertz CT molecular complexity index is 2490. The smallest absolute Gasteiger partial charge is 0.456 e. The summed E-state index contributed by atoms with van der Waals surface area (Å²) >= 11 is 0. The van der Waals surface area contributed by atoms with Gasteiger partial charge in [-0.2, -0.15) is 9.37 Å². The van der Waals surface area contributed by atoms with Crippen molar-refractivity contribution in [2.75, 3.05) is 13.7 Å². The van der Waals surface area contributed by atoms with E-state index in [0.717, 1.165) is 15.7 Å². The first-order valence-corrected chi connectivity index (χ1v) is 16.9. The summed E-state index contributed by atoms with van der Waals surface area (Å²) in [7, 11) is 1.23. The van der Waals surface area contributed by atoms with Gasteiger partial charge in [-0.1, -0.05) is 25.8 Å². The minimum absolute atomic E-state index is 0.0190. The van der Waals surface area contributed by atoms with E-state index in [1.54, 1.807) is 19.9 Å². The van der Waals surface area contributed by atoms with Crippen LogP contribution in [0.2, 0.25) is 0 Å². The van der Waals surface area contributed by atoms with Crippen LogP contribution in [-0.4, -0.2) is 61.6 Å². The van der Waals surface area contributed by atoms with Gasteiger partial charge in [-0.3, -0.25) is 19.1 Å². The van der Waals surface area contributed by atoms with E-state index < -0.39 is 59.9 Å². The average Bonchev–Trinajstić information content (AvgIpc) is 3.74. The minimum atomic E-state index is -1.88. The summed E-state index contributed by atoms with van der Waals surface area (Å²) < 4.78 is 55.4. The van der Waals surface area contributed by atoms with E-state index in [1.807, 2.05) is 19.9 Å². The number of aliphatic hydroxyl groups excluding tert-OH is 1. The van der Waals surface area contributed by atoms with Crippen LogP contribution < -0.4 is 21.9 Å². The number of rotatable bonds is 14. The van der Waals surface area contributed by atoms with E-state index >= 15 is 4.39 Å². The highest BCUT2D eigenvalue weighted by Gasteiger charge is 2.42. The van der Waals surface area contributed by atoms with Crippen LogP contribution in [0.5, 0.6) is 5.75 Å². The largest absolute Gasteiger partial charge is 0.519 e. The lowest BCUT2D eigenvalue weighted by Gasteiger charge is -2.35. The van der Waals surface area contributed by atoms with Crippen molar-refractivity contribution in [3.63, 3.8) is 0 Å². The summed E-state index contributed by atoms with van der Waals surface area (Å²) in [6.07, 6.45) is 4.39. The number of carbonyl (C=O) groups is 2. The molecule has 0 radical (unpaired) electrons. The summed E-state index contributed by atoms with van der Waals surface area (Å²) in [5.41, 5.74) is -0.760. The molecule has 1 aromatic carbocycles. The van der Waals surface area contributed by atoms with Crippen LogP contribution in [0, 0.1) is 46.1 Å². The lowest BCUT2D eigenvalue weighted by Crippen LogP contribution is -2.51. The van der Waals surface area contributed by atoms with Crippen molar-refractivity contribution in [3.05, 3.63) is 91.0 Å². The second kappa shape index (κ2) is 15.7. The number of imidazole rings is 1. The second-order valence-electron chi connectivity index (χ2n) is 13.5. The lowest BCUT2D eigenvalue weighted by atomic mass is 9.78. The van der Waals surface area contributed by atoms with Crippen molar-refractivity contribution in [1.82, 2.24) is 19.1 Å². The van der Waals surface area contributed by atoms with E-state index in [-0.39, 0.29) is 59.2 Å². The van der Waals surface area contributed by atoms with Crippen LogP contribution in [0.1, 0.15) is 66.9 Å². The maximum absolute atomic E-state index is 16.1. The summed E-state index contributed by atoms with van der Waals surface area (Å²) in [5, 5.41) is 10.5. The van der Waals surface area contributed by atoms with Gasteiger partial charge in [0.2, 0.25) is 0 Å². The Morgan fingerprint density at radius 2 is 1.73 bits per heavy atom. The number of aryl methyl sites for hydroxylation is 4. The number of ether oxygens (including phenoxy) is 3. The Balaban J connectivity index is 1.56. The third-order valence-electron chi connectivity index (χ3n) is 9.00. The number of benzene rings is 1. The number of hydrogen-bond donors (Lipinski definition) is 1. The van der Waals surface area contributed by atoms with Gasteiger partial charge in [0.1, 0.15) is 23.8 Å². The predicted molar refractivity (Wildman–Crippen MR) is 188 cm³/mol. The summed E-state index contributed by atoms with van der Waals surface area (Å²) in [6, 6.07) is 3.61. The maximum atomic E-state index is 16.1. The third-order valence-corrected chi connectivity index (χ3v) is 9.00. The summed E-state index contributed by atoms with van der Waals surface area (Å²) in [4.78, 5) is 62.2. The molecule has 5 aromatic rings. The first-order valence-electron chi connectivity index (χ1n) is 16.9. The lowest BCUT2D eigenvalue weighted by molar-refractivity contribution is -0.169. The molecule has 17 nitrogen and oxygen atoms in total. The highest BCUT2D eigenvalue weighted by Crippen LogP contribution is 2.38. The third kappa shape index (κ3) is 8.37. The van der Waals surface area contributed by atoms with Gasteiger partial charge in [0.05, 0.1) is 32.4 Å². The molecule has 0 spiro atoms. The quantitative estimate of drug-likeness (QED) is 0.0744. The van der Waals surface area contributed by atoms with Gasteiger partial charge in [-0.05, 0) is 44.9 Å². The Kier molecular flexibility index (Phi) is 11.5. The zero-order valence-electron chi connectivity index (χ0n) is 31.5. The van der Waals surface area contributed by atoms with Gasteiger partial charge in [0.15, 0.2) is 39.9 Å². The Labute approximate surface area is 312 Å². The number of carbonyl (C=O) groups excluding carboxylic acids is 2. The molecule has 0 saturated heterocycles. The zero-order valence-corrected chi connectivity index (χ0v) is 31.5. The van der Waals surface area contributed by atoms with Crippen LogP contribution in [0.25, 0.3) is 11.2 Å². The van der Waals surface area contributed by atoms with Gasteiger partial charge in [-0.15, -0.1) is 6.42 Å². The molecule has 0 aliphatic heterocycles. The van der Waals surface area contributed by atoms with Crippen molar-refractivity contribution in [1.29, 1.82) is 0 Å². The van der Waals surface area contributed by atoms with Crippen molar-refractivity contribution >= 4 is 23.1 Å². The summed E-state index contributed by atoms with van der Waals surface area (Å²) in [6.45, 7) is 9.68. The second-order valence-corrected chi connectivity index (χ2v) is 13.5. The molecule has 4 heterocycles. The van der Waals surface area contributed by atoms with Crippen LogP contribution >= 0.6 is 0 Å². The Hall–Kier alpha value is -6.06. The number of nitrogens with zero attached hydrogens (tertiary/aromatic N) is 5. The van der Waals surface area contributed by atoms with Gasteiger partial charge >= 0.3 is 23.6 Å². The van der Waals surface area contributed by atoms with Crippen molar-refractivity contribution in [2.24, 2.45) is 4.99 Å². The monoisotopic (exact) mass is 765 g/mol. The maximum Gasteiger partial charge on any atom is 0.519 e. The number of aliphatic hydroxyl groups is 1. The van der Waals surface area contributed by atoms with Gasteiger partial charge in [-0.25, -0.2) is 14.6 Å². The molecule has 0 saturated carbocycles. The highest BCUT2D eigenvalue weighted by atomic mass is 19.1. The van der Waals surface area contributed by atoms with Gasteiger partial charge in [0.25, 0.3) is 6.08 Å². The number of halogens is 1. The predicted octanol–water partition coefficient (Wildman–Crippen LogP) is 3.06. The Morgan fingerprint density at radius 1 is 1.07 bits per heavy atom. The molecule has 0 amide bonds. The Morgan fingerprint density at radius 3 is 2.29 bits per heavy atom. The first kappa shape index (κ1) is 40.1. The molecule has 0 aliphatic carbocycles. The SMILES string of the molecule is C#C[C@](CO)(OC)[C@H](Cn1cnc2/c(=N/Cc3oc(=O)oc3C)n(Cc3oc(=O)oc3C)c(F)nc21)OC(=O)CC(C)(C)c1c(C)cc(C)cc1OC(C)=O. The van der Waals surface area contributed by atoms with Gasteiger partial charge < -0.3 is 41.6 Å². The van der Waals surface area contributed by atoms with Crippen molar-refractivity contribution in [2.45, 2.75) is 91.6 Å². The van der Waals surface area contributed by atoms with E-state index in [1.165, 1.54) is 38.8 Å². The molecule has 2 atom stereocenters. The van der Waals surface area contributed by atoms with E-state index in [9.17, 15) is 24.3 Å². The van der Waals surface area contributed by atoms with E-state index in [2.05, 4.69) is 20.9 Å². The molecule has 18 heteroatoms. The molecule has 1 N–H and O–H groups in total. The number of hydrogen-bond acceptors (Lipinski definition) is 15. The minimum Gasteiger partial charge on any atom is -0.456 e. The van der Waals surface area contributed by atoms with Crippen molar-refractivity contribution < 1.29 is 51.0 Å². The van der Waals surface area contributed by atoms with Crippen LogP contribution in [0.4, 0.5) is 4.39 Å². The standard InChI is InChI=1S/C37H40FN5O12/c1-10-37(17-44,49-9)27(55-28(46)13-36(7,8)29-20(3)11-19(2)12-24(29)52-23(6)45)16-42-18-40-30-31(39-14-25-21(4)50-34(47)53-25)43(33(38)41-32(30)42)15-26-22(5)51-35(48)54-26/h1,11-12,18,27,44H,13-17H2,2-9H3/b39-31-/t27-,37+/m0/s1. The van der Waals surface area contributed by atoms with Crippen molar-refractivity contribution in [3.8, 4) is 18.1 Å². The number of aromatic nitrogens is 4. The number of terminal acetylenes is 1. The topological polar surface area (TPSA) is 217 Å². The van der Waals surface area contributed by atoms with Gasteiger partial charge in [0, 0.05) is 25.0 Å². The van der Waals surface area contributed by atoms with E-state index in [4.69, 9.17) is 38.3 Å². The summed E-state index contributed by atoms with van der Waals surface area (Å²) in [5.74, 6) is -0.265. The van der Waals surface area contributed by atoms with Crippen LogP contribution in [0.3, 0.4) is 0 Å². The fourth-order valence-electron chi connectivity index (χ4n) is 6.41. The molecule has 0 bridgehead atoms. The molecule has 0 fully saturated rings. The number of esters is 2. The number of methoxy groups -OCH3 is 1. The fourth-order valence-corrected chi connectivity index (χ4v) is 6.41. The molecule has 292 valence electrons. The van der Waals surface area contributed by atoms with Crippen LogP contribution in [0.15, 0.2) is 50.7 Å². The number of fused-ring (bicyclic) bond motifs is 1. The fraction of sp³-hybridized carbons (Fsp3) is 0.432. The molecule has 4 aromatic heterocycles. The zero-order chi connectivity index (χ0) is 40.4. The van der Waals surface area contributed by atoms with E-state index in [0.29, 0.717) is 11.3 Å². The molecule has 55 heavy (non-hydrogen) atoms. The first-order chi connectivity index (χ1) is 25.9. The molecule has 0 aliphatic rings. The molecule has 0 unspecified atom stereocenters. The molecule has 5 rings (SSSR count). The van der Waals surface area contributed by atoms with Crippen LogP contribution in [-0.2, 0) is 44.1 Å². The normalized spacial score (nSPS) is 13.8.